The van der Waals surface area contributed by atoms with Gasteiger partial charge >= 0.3 is 6.03 Å². The number of carbonyl (C=O) groups excluding carboxylic acids is 2. The Labute approximate surface area is 117 Å². The highest BCUT2D eigenvalue weighted by Crippen LogP contribution is 2.47. The second-order valence-electron chi connectivity index (χ2n) is 5.03. The number of aromatic nitrogens is 2. The summed E-state index contributed by atoms with van der Waals surface area (Å²) >= 11 is 0. The van der Waals surface area contributed by atoms with Crippen LogP contribution in [0.4, 0.5) is 4.79 Å². The maximum atomic E-state index is 11.1. The molecule has 0 bridgehead atoms. The molecule has 0 aliphatic heterocycles. The van der Waals surface area contributed by atoms with Crippen LogP contribution >= 0.6 is 0 Å². The number of hydrogen-bond acceptors (Lipinski definition) is 4. The predicted molar refractivity (Wildman–Crippen MR) is 74.9 cm³/mol. The van der Waals surface area contributed by atoms with Crippen molar-refractivity contribution in [3.63, 3.8) is 0 Å². The van der Waals surface area contributed by atoms with Crippen LogP contribution in [0.5, 0.6) is 0 Å². The number of nitrogens with zero attached hydrogens (tertiary/aromatic N) is 2. The zero-order valence-corrected chi connectivity index (χ0v) is 11.8. The Morgan fingerprint density at radius 1 is 1.45 bits per heavy atom. The number of urea groups is 1. The van der Waals surface area contributed by atoms with Crippen LogP contribution in [0.1, 0.15) is 36.2 Å². The van der Waals surface area contributed by atoms with E-state index in [1.54, 1.807) is 0 Å². The van der Waals surface area contributed by atoms with Crippen molar-refractivity contribution < 1.29 is 9.59 Å². The van der Waals surface area contributed by atoms with E-state index >= 15 is 0 Å². The molecule has 2 atom stereocenters. The fourth-order valence-corrected chi connectivity index (χ4v) is 2.12. The van der Waals surface area contributed by atoms with E-state index in [2.05, 4.69) is 27.8 Å². The van der Waals surface area contributed by atoms with E-state index in [9.17, 15) is 9.59 Å². The molecule has 6 nitrogen and oxygen atoms in total. The summed E-state index contributed by atoms with van der Waals surface area (Å²) in [6, 6.07) is 1.50. The quantitative estimate of drug-likeness (QED) is 0.641. The molecule has 1 saturated carbocycles. The molecule has 0 spiro atoms. The first-order chi connectivity index (χ1) is 9.56. The molecule has 1 aromatic heterocycles. The van der Waals surface area contributed by atoms with Crippen molar-refractivity contribution >= 4 is 17.9 Å². The maximum Gasteiger partial charge on any atom is 0.318 e. The van der Waals surface area contributed by atoms with Crippen molar-refractivity contribution in [3.05, 3.63) is 29.2 Å². The molecular formula is C14H18N4O2. The van der Waals surface area contributed by atoms with E-state index in [4.69, 9.17) is 0 Å². The fraction of sp³-hybridized carbons (Fsp3) is 0.429. The van der Waals surface area contributed by atoms with E-state index in [0.717, 1.165) is 17.7 Å². The van der Waals surface area contributed by atoms with E-state index < -0.39 is 0 Å². The lowest BCUT2D eigenvalue weighted by molar-refractivity contribution is -0.103. The van der Waals surface area contributed by atoms with Gasteiger partial charge in [-0.3, -0.25) is 4.79 Å². The van der Waals surface area contributed by atoms with Gasteiger partial charge < -0.3 is 10.6 Å². The van der Waals surface area contributed by atoms with Gasteiger partial charge in [0.2, 0.25) is 0 Å². The first-order valence-corrected chi connectivity index (χ1v) is 6.55. The summed E-state index contributed by atoms with van der Waals surface area (Å²) in [6.07, 6.45) is 3.14. The van der Waals surface area contributed by atoms with Crippen molar-refractivity contribution in [1.82, 2.24) is 20.8 Å². The number of aldehydes is 1. The Morgan fingerprint density at radius 3 is 2.70 bits per heavy atom. The summed E-state index contributed by atoms with van der Waals surface area (Å²) in [4.78, 5) is 22.3. The van der Waals surface area contributed by atoms with Gasteiger partial charge in [0.05, 0.1) is 17.0 Å². The Kier molecular flexibility index (Phi) is 4.12. The molecule has 2 N–H and O–H groups in total. The molecule has 1 aliphatic rings. The first kappa shape index (κ1) is 14.2. The van der Waals surface area contributed by atoms with Crippen LogP contribution in [0.2, 0.25) is 0 Å². The van der Waals surface area contributed by atoms with Crippen molar-refractivity contribution in [2.24, 2.45) is 5.92 Å². The average Bonchev–Trinajstić information content (AvgIpc) is 3.17. The van der Waals surface area contributed by atoms with Crippen molar-refractivity contribution in [2.75, 3.05) is 7.05 Å². The number of nitrogens with one attached hydrogen (secondary N) is 2. The molecule has 0 saturated heterocycles. The summed E-state index contributed by atoms with van der Waals surface area (Å²) in [6.45, 7) is 4.11. The van der Waals surface area contributed by atoms with Crippen molar-refractivity contribution in [1.29, 1.82) is 0 Å². The van der Waals surface area contributed by atoms with Gasteiger partial charge in [0.25, 0.3) is 0 Å². The number of amides is 2. The van der Waals surface area contributed by atoms with E-state index in [1.807, 2.05) is 13.0 Å². The molecule has 2 amide bonds. The van der Waals surface area contributed by atoms with Crippen LogP contribution in [0.3, 0.4) is 0 Å². The standard InChI is InChI=1S/C14H18N4O2/c1-8-4-11(8)12-5-13(18-17-9(12)2)10(7-19)6-16-14(20)15-3/h5-8,11H,4H2,1-3H3,(H2,15,16,20)/b10-6+/t8-,11?/m0/s1. The minimum absolute atomic E-state index is 0.302. The number of allylic oxidation sites excluding steroid dienone is 1. The van der Waals surface area contributed by atoms with Crippen molar-refractivity contribution in [3.8, 4) is 0 Å². The summed E-state index contributed by atoms with van der Waals surface area (Å²) in [5.74, 6) is 1.16. The van der Waals surface area contributed by atoms with Crippen LogP contribution in [0, 0.1) is 12.8 Å². The zero-order valence-electron chi connectivity index (χ0n) is 11.8. The lowest BCUT2D eigenvalue weighted by Gasteiger charge is -2.06. The third kappa shape index (κ3) is 3.01. The topological polar surface area (TPSA) is 84.0 Å². The highest BCUT2D eigenvalue weighted by atomic mass is 16.2. The van der Waals surface area contributed by atoms with Gasteiger partial charge in [-0.1, -0.05) is 6.92 Å². The van der Waals surface area contributed by atoms with Gasteiger partial charge in [0, 0.05) is 13.2 Å². The number of rotatable bonds is 4. The number of hydrogen-bond donors (Lipinski definition) is 2. The molecule has 1 aliphatic carbocycles. The van der Waals surface area contributed by atoms with E-state index in [1.165, 1.54) is 13.2 Å². The SMILES string of the molecule is CNC(=O)N/C=C(\C=O)c1cc(C2C[C@@H]2C)c(C)nn1. The number of carbonyl (C=O) groups is 2. The lowest BCUT2D eigenvalue weighted by Crippen LogP contribution is -2.28. The molecule has 1 fully saturated rings. The van der Waals surface area contributed by atoms with Crippen LogP contribution < -0.4 is 10.6 Å². The summed E-state index contributed by atoms with van der Waals surface area (Å²) in [5, 5.41) is 13.0. The van der Waals surface area contributed by atoms with Crippen LogP contribution in [-0.2, 0) is 4.79 Å². The molecule has 1 aromatic rings. The molecule has 6 heteroatoms. The molecular weight excluding hydrogens is 256 g/mol. The molecule has 20 heavy (non-hydrogen) atoms. The number of aryl methyl sites for hydroxylation is 1. The molecule has 0 aromatic carbocycles. The Morgan fingerprint density at radius 2 is 2.15 bits per heavy atom. The second-order valence-corrected chi connectivity index (χ2v) is 5.03. The van der Waals surface area contributed by atoms with E-state index in [0.29, 0.717) is 29.4 Å². The van der Waals surface area contributed by atoms with Gasteiger partial charge in [-0.2, -0.15) is 10.2 Å². The van der Waals surface area contributed by atoms with Gasteiger partial charge in [-0.05, 0) is 36.8 Å². The Bertz CT molecular complexity index is 568. The van der Waals surface area contributed by atoms with Gasteiger partial charge in [-0.15, -0.1) is 0 Å². The predicted octanol–water partition coefficient (Wildman–Crippen LogP) is 1.38. The zero-order chi connectivity index (χ0) is 14.7. The molecule has 1 unspecified atom stereocenters. The third-order valence-corrected chi connectivity index (χ3v) is 3.54. The third-order valence-electron chi connectivity index (χ3n) is 3.54. The second kappa shape index (κ2) is 5.81. The molecule has 106 valence electrons. The maximum absolute atomic E-state index is 11.1. The molecule has 2 rings (SSSR count). The summed E-state index contributed by atoms with van der Waals surface area (Å²) in [5.41, 5.74) is 2.81. The monoisotopic (exact) mass is 274 g/mol. The highest BCUT2D eigenvalue weighted by Gasteiger charge is 2.35. The largest absolute Gasteiger partial charge is 0.341 e. The van der Waals surface area contributed by atoms with Crippen molar-refractivity contribution in [2.45, 2.75) is 26.2 Å². The smallest absolute Gasteiger partial charge is 0.318 e. The Hall–Kier alpha value is -2.24. The van der Waals surface area contributed by atoms with Gasteiger partial charge in [0.1, 0.15) is 0 Å². The van der Waals surface area contributed by atoms with Crippen LogP contribution in [0.25, 0.3) is 5.57 Å². The van der Waals surface area contributed by atoms with Crippen LogP contribution in [-0.4, -0.2) is 29.6 Å². The summed E-state index contributed by atoms with van der Waals surface area (Å²) < 4.78 is 0. The van der Waals surface area contributed by atoms with Crippen LogP contribution in [0.15, 0.2) is 12.3 Å². The first-order valence-electron chi connectivity index (χ1n) is 6.55. The lowest BCUT2D eigenvalue weighted by atomic mass is 10.1. The summed E-state index contributed by atoms with van der Waals surface area (Å²) in [7, 11) is 1.50. The molecule has 0 radical (unpaired) electrons. The highest BCUT2D eigenvalue weighted by molar-refractivity contribution is 6.06. The van der Waals surface area contributed by atoms with Gasteiger partial charge in [0.15, 0.2) is 6.29 Å². The van der Waals surface area contributed by atoms with Gasteiger partial charge in [-0.25, -0.2) is 4.79 Å². The normalized spacial score (nSPS) is 21.2. The fourth-order valence-electron chi connectivity index (χ4n) is 2.12. The minimum Gasteiger partial charge on any atom is -0.341 e. The van der Waals surface area contributed by atoms with E-state index in [-0.39, 0.29) is 6.03 Å². The Balaban J connectivity index is 2.26. The average molecular weight is 274 g/mol. The minimum atomic E-state index is -0.388. The molecule has 1 heterocycles.